The zero-order chi connectivity index (χ0) is 10.1. The fourth-order valence-electron chi connectivity index (χ4n) is 1.12. The van der Waals surface area contributed by atoms with Crippen LogP contribution in [0.5, 0.6) is 5.75 Å². The van der Waals surface area contributed by atoms with Crippen molar-refractivity contribution in [1.29, 1.82) is 0 Å². The van der Waals surface area contributed by atoms with Gasteiger partial charge in [0.25, 0.3) is 0 Å². The van der Waals surface area contributed by atoms with Crippen LogP contribution in [0.25, 0.3) is 0 Å². The minimum atomic E-state index is 0.161. The summed E-state index contributed by atoms with van der Waals surface area (Å²) >= 11 is 2.43. The van der Waals surface area contributed by atoms with Crippen LogP contribution in [-0.4, -0.2) is 9.03 Å². The third-order valence-corrected chi connectivity index (χ3v) is 4.16. The van der Waals surface area contributed by atoms with E-state index in [-0.39, 0.29) is 5.41 Å². The summed E-state index contributed by atoms with van der Waals surface area (Å²) in [6.45, 7) is 6.64. The van der Waals surface area contributed by atoms with E-state index in [0.29, 0.717) is 9.67 Å². The Morgan fingerprint density at radius 3 is 2.08 bits per heavy atom. The number of hydrogen-bond donors (Lipinski definition) is 1. The average molecular weight is 290 g/mol. The van der Waals surface area contributed by atoms with Gasteiger partial charge in [0, 0.05) is 9.34 Å². The molecule has 0 aromatic heterocycles. The summed E-state index contributed by atoms with van der Waals surface area (Å²) in [5.74, 6) is 0.334. The lowest BCUT2D eigenvalue weighted by Gasteiger charge is -2.28. The lowest BCUT2D eigenvalue weighted by molar-refractivity contribution is 0.473. The minimum absolute atomic E-state index is 0.161. The van der Waals surface area contributed by atoms with Crippen molar-refractivity contribution in [2.75, 3.05) is 0 Å². The van der Waals surface area contributed by atoms with Gasteiger partial charge in [-0.05, 0) is 17.7 Å². The number of alkyl halides is 1. The van der Waals surface area contributed by atoms with E-state index in [4.69, 9.17) is 5.11 Å². The first-order valence-corrected chi connectivity index (χ1v) is 5.62. The van der Waals surface area contributed by atoms with Gasteiger partial charge in [-0.3, -0.25) is 0 Å². The molecular weight excluding hydrogens is 275 g/mol. The molecule has 0 fully saturated rings. The second kappa shape index (κ2) is 3.86. The highest BCUT2D eigenvalue weighted by Crippen LogP contribution is 2.32. The van der Waals surface area contributed by atoms with Crippen molar-refractivity contribution in [2.45, 2.75) is 30.1 Å². The Labute approximate surface area is 93.3 Å². The SMILES string of the molecule is CC(I)C(C)(C)c1ccc(O)cc1. The molecule has 0 bridgehead atoms. The van der Waals surface area contributed by atoms with Crippen LogP contribution < -0.4 is 0 Å². The Bertz CT molecular complexity index is 275. The predicted octanol–water partition coefficient (Wildman–Crippen LogP) is 3.49. The highest BCUT2D eigenvalue weighted by Gasteiger charge is 2.25. The third kappa shape index (κ3) is 2.36. The first kappa shape index (κ1) is 10.8. The summed E-state index contributed by atoms with van der Waals surface area (Å²) in [4.78, 5) is 0. The molecule has 1 aromatic carbocycles. The molecule has 1 nitrogen and oxygen atoms in total. The van der Waals surface area contributed by atoms with Gasteiger partial charge < -0.3 is 5.11 Å². The van der Waals surface area contributed by atoms with E-state index in [1.165, 1.54) is 5.56 Å². The lowest BCUT2D eigenvalue weighted by Crippen LogP contribution is -2.26. The van der Waals surface area contributed by atoms with Gasteiger partial charge in [0.05, 0.1) is 0 Å². The van der Waals surface area contributed by atoms with E-state index in [1.54, 1.807) is 12.1 Å². The summed E-state index contributed by atoms with van der Waals surface area (Å²) < 4.78 is 0.564. The first-order chi connectivity index (χ1) is 5.94. The van der Waals surface area contributed by atoms with Crippen LogP contribution >= 0.6 is 22.6 Å². The molecule has 1 aromatic rings. The molecule has 0 saturated heterocycles. The fourth-order valence-corrected chi connectivity index (χ4v) is 1.48. The molecule has 0 heterocycles. The predicted molar refractivity (Wildman–Crippen MR) is 64.6 cm³/mol. The van der Waals surface area contributed by atoms with Crippen molar-refractivity contribution in [3.8, 4) is 5.75 Å². The third-order valence-electron chi connectivity index (χ3n) is 2.61. The molecular formula is C11H15IO. The second-order valence-electron chi connectivity index (χ2n) is 3.88. The number of phenolic OH excluding ortho intramolecular Hbond substituents is 1. The van der Waals surface area contributed by atoms with Crippen LogP contribution in [0, 0.1) is 0 Å². The number of benzene rings is 1. The minimum Gasteiger partial charge on any atom is -0.508 e. The molecule has 0 aliphatic heterocycles. The highest BCUT2D eigenvalue weighted by atomic mass is 127. The molecule has 2 heteroatoms. The zero-order valence-electron chi connectivity index (χ0n) is 8.21. The van der Waals surface area contributed by atoms with Gasteiger partial charge in [-0.25, -0.2) is 0 Å². The molecule has 1 N–H and O–H groups in total. The maximum Gasteiger partial charge on any atom is 0.115 e. The van der Waals surface area contributed by atoms with Crippen LogP contribution in [0.3, 0.4) is 0 Å². The van der Waals surface area contributed by atoms with Crippen molar-refractivity contribution in [1.82, 2.24) is 0 Å². The largest absolute Gasteiger partial charge is 0.508 e. The quantitative estimate of drug-likeness (QED) is 0.653. The number of aromatic hydroxyl groups is 1. The molecule has 0 radical (unpaired) electrons. The molecule has 0 spiro atoms. The molecule has 1 unspecified atom stereocenters. The lowest BCUT2D eigenvalue weighted by atomic mass is 9.82. The van der Waals surface area contributed by atoms with E-state index in [1.807, 2.05) is 12.1 Å². The number of hydrogen-bond acceptors (Lipinski definition) is 1. The molecule has 0 amide bonds. The van der Waals surface area contributed by atoms with Gasteiger partial charge in [0.2, 0.25) is 0 Å². The van der Waals surface area contributed by atoms with Gasteiger partial charge >= 0.3 is 0 Å². The number of rotatable bonds is 2. The Kier molecular flexibility index (Phi) is 3.22. The number of halogens is 1. The standard InChI is InChI=1S/C11H15IO/c1-8(12)11(2,3)9-4-6-10(13)7-5-9/h4-8,13H,1-3H3. The molecule has 1 rings (SSSR count). The van der Waals surface area contributed by atoms with Gasteiger partial charge in [-0.1, -0.05) is 55.5 Å². The van der Waals surface area contributed by atoms with Crippen LogP contribution in [0.15, 0.2) is 24.3 Å². The van der Waals surface area contributed by atoms with Crippen LogP contribution in [0.1, 0.15) is 26.3 Å². The maximum absolute atomic E-state index is 9.16. The van der Waals surface area contributed by atoms with Crippen molar-refractivity contribution >= 4 is 22.6 Å². The number of phenols is 1. The second-order valence-corrected chi connectivity index (χ2v) is 5.75. The molecule has 72 valence electrons. The molecule has 1 atom stereocenters. The van der Waals surface area contributed by atoms with E-state index in [9.17, 15) is 0 Å². The summed E-state index contributed by atoms with van der Waals surface area (Å²) in [6.07, 6.45) is 0. The summed E-state index contributed by atoms with van der Waals surface area (Å²) in [5.41, 5.74) is 1.43. The topological polar surface area (TPSA) is 20.2 Å². The van der Waals surface area contributed by atoms with Crippen LogP contribution in [-0.2, 0) is 5.41 Å². The van der Waals surface area contributed by atoms with E-state index >= 15 is 0 Å². The highest BCUT2D eigenvalue weighted by molar-refractivity contribution is 14.1. The van der Waals surface area contributed by atoms with Crippen molar-refractivity contribution < 1.29 is 5.11 Å². The van der Waals surface area contributed by atoms with Crippen molar-refractivity contribution in [3.05, 3.63) is 29.8 Å². The summed E-state index contributed by atoms with van der Waals surface area (Å²) in [6, 6.07) is 7.47. The van der Waals surface area contributed by atoms with Gasteiger partial charge in [-0.2, -0.15) is 0 Å². The van der Waals surface area contributed by atoms with E-state index in [2.05, 4.69) is 43.4 Å². The van der Waals surface area contributed by atoms with Crippen LogP contribution in [0.2, 0.25) is 0 Å². The molecule has 13 heavy (non-hydrogen) atoms. The molecule has 0 saturated carbocycles. The Balaban J connectivity index is 3.01. The molecule has 0 aliphatic rings. The van der Waals surface area contributed by atoms with Crippen molar-refractivity contribution in [2.24, 2.45) is 0 Å². The van der Waals surface area contributed by atoms with Crippen LogP contribution in [0.4, 0.5) is 0 Å². The molecule has 0 aliphatic carbocycles. The average Bonchev–Trinajstić information content (AvgIpc) is 2.04. The summed E-state index contributed by atoms with van der Waals surface area (Å²) in [7, 11) is 0. The van der Waals surface area contributed by atoms with Gasteiger partial charge in [0.15, 0.2) is 0 Å². The Morgan fingerprint density at radius 1 is 1.23 bits per heavy atom. The van der Waals surface area contributed by atoms with Gasteiger partial charge in [0.1, 0.15) is 5.75 Å². The maximum atomic E-state index is 9.16. The fraction of sp³-hybridized carbons (Fsp3) is 0.455. The Hall–Kier alpha value is -0.250. The first-order valence-electron chi connectivity index (χ1n) is 4.38. The summed E-state index contributed by atoms with van der Waals surface area (Å²) in [5, 5.41) is 9.16. The van der Waals surface area contributed by atoms with Gasteiger partial charge in [-0.15, -0.1) is 0 Å². The monoisotopic (exact) mass is 290 g/mol. The van der Waals surface area contributed by atoms with Crippen molar-refractivity contribution in [3.63, 3.8) is 0 Å². The Morgan fingerprint density at radius 2 is 1.69 bits per heavy atom. The van der Waals surface area contributed by atoms with E-state index in [0.717, 1.165) is 0 Å². The zero-order valence-corrected chi connectivity index (χ0v) is 10.4. The van der Waals surface area contributed by atoms with E-state index < -0.39 is 0 Å². The normalized spacial score (nSPS) is 14.2. The smallest absolute Gasteiger partial charge is 0.115 e.